The molecule has 3 nitrogen and oxygen atoms in total. The molecule has 0 fully saturated rings. The van der Waals surface area contributed by atoms with E-state index in [0.29, 0.717) is 17.9 Å². The molecule has 0 aliphatic carbocycles. The lowest BCUT2D eigenvalue weighted by molar-refractivity contribution is -0.163. The highest BCUT2D eigenvalue weighted by molar-refractivity contribution is 5.76. The van der Waals surface area contributed by atoms with Crippen LogP contribution in [0.4, 0.5) is 0 Å². The van der Waals surface area contributed by atoms with Gasteiger partial charge in [-0.25, -0.2) is 0 Å². The van der Waals surface area contributed by atoms with Crippen LogP contribution in [0.5, 0.6) is 5.75 Å². The second kappa shape index (κ2) is 9.43. The van der Waals surface area contributed by atoms with Gasteiger partial charge >= 0.3 is 5.97 Å². The number of carbonyl (C=O) groups excluding carboxylic acids is 1. The van der Waals surface area contributed by atoms with Crippen molar-refractivity contribution in [3.63, 3.8) is 0 Å². The van der Waals surface area contributed by atoms with Crippen LogP contribution in [0.2, 0.25) is 0 Å². The van der Waals surface area contributed by atoms with Crippen LogP contribution in [0, 0.1) is 17.8 Å². The molecule has 0 heterocycles. The summed E-state index contributed by atoms with van der Waals surface area (Å²) in [5.74, 6) is 2.93. The van der Waals surface area contributed by atoms with Gasteiger partial charge in [0, 0.05) is 5.56 Å². The average Bonchev–Trinajstić information content (AvgIpc) is 2.70. The van der Waals surface area contributed by atoms with Gasteiger partial charge in [0.25, 0.3) is 0 Å². The second-order valence-corrected chi connectivity index (χ2v) is 9.90. The first-order valence-corrected chi connectivity index (χ1v) is 10.6. The Bertz CT molecular complexity index is 966. The zero-order valence-corrected chi connectivity index (χ0v) is 19.8. The van der Waals surface area contributed by atoms with Crippen LogP contribution < -0.4 is 4.74 Å². The predicted molar refractivity (Wildman–Crippen MR) is 128 cm³/mol. The van der Waals surface area contributed by atoms with E-state index in [9.17, 15) is 4.79 Å². The smallest absolute Gasteiger partial charge is 0.313 e. The van der Waals surface area contributed by atoms with E-state index in [1.807, 2.05) is 60.7 Å². The number of rotatable bonds is 6. The van der Waals surface area contributed by atoms with Gasteiger partial charge in [0.15, 0.2) is 5.60 Å². The van der Waals surface area contributed by atoms with Crippen LogP contribution in [-0.4, -0.2) is 12.6 Å². The van der Waals surface area contributed by atoms with Crippen LogP contribution in [0.15, 0.2) is 54.6 Å². The highest BCUT2D eigenvalue weighted by atomic mass is 16.6. The van der Waals surface area contributed by atoms with Crippen molar-refractivity contribution in [2.45, 2.75) is 59.5 Å². The maximum atomic E-state index is 12.6. The minimum Gasteiger partial charge on any atom is -0.489 e. The van der Waals surface area contributed by atoms with Crippen molar-refractivity contribution in [3.8, 4) is 18.1 Å². The number of terminal acetylenes is 1. The van der Waals surface area contributed by atoms with E-state index in [0.717, 1.165) is 11.1 Å². The molecule has 1 atom stereocenters. The Hall–Kier alpha value is -2.99. The summed E-state index contributed by atoms with van der Waals surface area (Å²) >= 11 is 0. The molecular formula is C28H34O3. The van der Waals surface area contributed by atoms with Gasteiger partial charge in [-0.1, -0.05) is 69.2 Å². The maximum absolute atomic E-state index is 12.6. The van der Waals surface area contributed by atoms with E-state index >= 15 is 0 Å². The van der Waals surface area contributed by atoms with Crippen LogP contribution in [0.3, 0.4) is 0 Å². The average molecular weight is 419 g/mol. The number of esters is 1. The second-order valence-electron chi connectivity index (χ2n) is 9.90. The number of hydrogen-bond acceptors (Lipinski definition) is 3. The molecule has 164 valence electrons. The van der Waals surface area contributed by atoms with Crippen molar-refractivity contribution >= 4 is 12.0 Å². The van der Waals surface area contributed by atoms with E-state index in [1.165, 1.54) is 0 Å². The molecule has 0 aromatic heterocycles. The monoisotopic (exact) mass is 418 g/mol. The Labute approximate surface area is 187 Å². The molecule has 0 aliphatic rings. The maximum Gasteiger partial charge on any atom is 0.313 e. The number of benzene rings is 2. The third kappa shape index (κ3) is 6.49. The van der Waals surface area contributed by atoms with Crippen LogP contribution >= 0.6 is 0 Å². The molecule has 0 radical (unpaired) electrons. The zero-order chi connectivity index (χ0) is 23.3. The predicted octanol–water partition coefficient (Wildman–Crippen LogP) is 6.51. The van der Waals surface area contributed by atoms with Gasteiger partial charge < -0.3 is 9.47 Å². The highest BCUT2D eigenvalue weighted by Gasteiger charge is 2.36. The van der Waals surface area contributed by atoms with Gasteiger partial charge in [-0.15, -0.1) is 6.42 Å². The quantitative estimate of drug-likeness (QED) is 0.396. The Morgan fingerprint density at radius 3 is 2.19 bits per heavy atom. The van der Waals surface area contributed by atoms with Crippen LogP contribution in [0.25, 0.3) is 6.08 Å². The normalized spacial score (nSPS) is 14.0. The van der Waals surface area contributed by atoms with Gasteiger partial charge in [-0.2, -0.15) is 0 Å². The Morgan fingerprint density at radius 2 is 1.65 bits per heavy atom. The SMILES string of the molecule is C#CC(C)(OC(=O)C(C)(C)C)c1ccc(C(C)(C)C)cc1OC/C=C/c1ccccc1. The van der Waals surface area contributed by atoms with E-state index in [4.69, 9.17) is 15.9 Å². The summed E-state index contributed by atoms with van der Waals surface area (Å²) in [4.78, 5) is 12.6. The topological polar surface area (TPSA) is 35.5 Å². The Kier molecular flexibility index (Phi) is 7.39. The largest absolute Gasteiger partial charge is 0.489 e. The molecule has 0 bridgehead atoms. The summed E-state index contributed by atoms with van der Waals surface area (Å²) < 4.78 is 11.9. The lowest BCUT2D eigenvalue weighted by Crippen LogP contribution is -2.34. The molecule has 3 heteroatoms. The fourth-order valence-electron chi connectivity index (χ4n) is 2.89. The van der Waals surface area contributed by atoms with E-state index in [-0.39, 0.29) is 11.4 Å². The molecular weight excluding hydrogens is 384 g/mol. The lowest BCUT2D eigenvalue weighted by atomic mass is 9.84. The Balaban J connectivity index is 2.38. The van der Waals surface area contributed by atoms with Gasteiger partial charge in [0.1, 0.15) is 12.4 Å². The van der Waals surface area contributed by atoms with Gasteiger partial charge in [-0.3, -0.25) is 4.79 Å². The first kappa shape index (κ1) is 24.3. The van der Waals surface area contributed by atoms with Crippen LogP contribution in [-0.2, 0) is 20.5 Å². The molecule has 0 amide bonds. The number of hydrogen-bond donors (Lipinski definition) is 0. The molecule has 2 aromatic carbocycles. The first-order valence-electron chi connectivity index (χ1n) is 10.6. The van der Waals surface area contributed by atoms with E-state index in [1.54, 1.807) is 27.7 Å². The summed E-state index contributed by atoms with van der Waals surface area (Å²) in [6, 6.07) is 16.0. The molecule has 0 N–H and O–H groups in total. The molecule has 2 rings (SSSR count). The van der Waals surface area contributed by atoms with E-state index < -0.39 is 11.0 Å². The lowest BCUT2D eigenvalue weighted by Gasteiger charge is -2.31. The number of carbonyl (C=O) groups is 1. The molecule has 31 heavy (non-hydrogen) atoms. The van der Waals surface area contributed by atoms with Crippen molar-refractivity contribution in [2.75, 3.05) is 6.61 Å². The Morgan fingerprint density at radius 1 is 1.00 bits per heavy atom. The summed E-state index contributed by atoms with van der Waals surface area (Å²) in [6.45, 7) is 13.9. The molecule has 0 saturated carbocycles. The third-order valence-corrected chi connectivity index (χ3v) is 4.99. The van der Waals surface area contributed by atoms with Crippen LogP contribution in [0.1, 0.15) is 65.2 Å². The first-order chi connectivity index (χ1) is 14.4. The molecule has 0 saturated heterocycles. The summed E-state index contributed by atoms with van der Waals surface area (Å²) in [5, 5.41) is 0. The van der Waals surface area contributed by atoms with Crippen molar-refractivity contribution in [1.29, 1.82) is 0 Å². The standard InChI is InChI=1S/C28H34O3/c1-9-28(8,31-25(29)27(5,6)7)23-18-17-22(26(2,3)4)20-24(23)30-19-13-16-21-14-11-10-12-15-21/h1,10-18,20H,19H2,2-8H3/b16-13+. The zero-order valence-electron chi connectivity index (χ0n) is 19.8. The van der Waals surface area contributed by atoms with Gasteiger partial charge in [0.2, 0.25) is 0 Å². The van der Waals surface area contributed by atoms with Crippen molar-refractivity contribution in [2.24, 2.45) is 5.41 Å². The fourth-order valence-corrected chi connectivity index (χ4v) is 2.89. The minimum atomic E-state index is -1.24. The summed E-state index contributed by atoms with van der Waals surface area (Å²) in [5.41, 5.74) is 0.906. The van der Waals surface area contributed by atoms with Crippen molar-refractivity contribution in [3.05, 3.63) is 71.3 Å². The molecule has 1 unspecified atom stereocenters. The summed E-state index contributed by atoms with van der Waals surface area (Å²) in [6.07, 6.45) is 9.82. The molecule has 0 spiro atoms. The molecule has 2 aromatic rings. The van der Waals surface area contributed by atoms with Gasteiger partial charge in [0.05, 0.1) is 5.41 Å². The minimum absolute atomic E-state index is 0.0643. The highest BCUT2D eigenvalue weighted by Crippen LogP contribution is 2.37. The van der Waals surface area contributed by atoms with Crippen molar-refractivity contribution < 1.29 is 14.3 Å². The molecule has 0 aliphatic heterocycles. The fraction of sp³-hybridized carbons (Fsp3) is 0.393. The van der Waals surface area contributed by atoms with Crippen molar-refractivity contribution in [1.82, 2.24) is 0 Å². The number of ether oxygens (including phenoxy) is 2. The summed E-state index contributed by atoms with van der Waals surface area (Å²) in [7, 11) is 0. The third-order valence-electron chi connectivity index (χ3n) is 4.99. The van der Waals surface area contributed by atoms with Gasteiger partial charge in [-0.05, 0) is 62.4 Å². The van der Waals surface area contributed by atoms with E-state index in [2.05, 4.69) is 26.7 Å².